The van der Waals surface area contributed by atoms with Gasteiger partial charge < -0.3 is 30.7 Å². The maximum Gasteiger partial charge on any atom is 0.246 e. The van der Waals surface area contributed by atoms with Crippen LogP contribution in [-0.4, -0.2) is 67.3 Å². The Morgan fingerprint density at radius 2 is 1.86 bits per heavy atom. The van der Waals surface area contributed by atoms with Crippen molar-refractivity contribution in [3.05, 3.63) is 96.4 Å². The third-order valence-electron chi connectivity index (χ3n) is 6.98. The van der Waals surface area contributed by atoms with Crippen molar-refractivity contribution in [2.24, 2.45) is 10.7 Å². The van der Waals surface area contributed by atoms with Crippen LogP contribution >= 0.6 is 0 Å². The van der Waals surface area contributed by atoms with E-state index in [0.717, 1.165) is 38.2 Å². The van der Waals surface area contributed by atoms with Gasteiger partial charge in [-0.05, 0) is 68.8 Å². The molecule has 5 N–H and O–H groups in total. The molecule has 9 nitrogen and oxygen atoms in total. The predicted octanol–water partition coefficient (Wildman–Crippen LogP) is 5.55. The first kappa shape index (κ1) is 34.3. The number of benzene rings is 2. The first-order valence-electron chi connectivity index (χ1n) is 15.5. The molecule has 4 rings (SSSR count). The second kappa shape index (κ2) is 18.5. The van der Waals surface area contributed by atoms with E-state index < -0.39 is 0 Å². The highest BCUT2D eigenvalue weighted by atomic mass is 16.5. The van der Waals surface area contributed by atoms with Crippen molar-refractivity contribution < 1.29 is 14.3 Å². The summed E-state index contributed by atoms with van der Waals surface area (Å²) in [7, 11) is 0. The smallest absolute Gasteiger partial charge is 0.246 e. The van der Waals surface area contributed by atoms with E-state index in [0.29, 0.717) is 54.1 Å². The third-order valence-corrected chi connectivity index (χ3v) is 6.98. The summed E-state index contributed by atoms with van der Waals surface area (Å²) in [5.41, 5.74) is 8.16. The van der Waals surface area contributed by atoms with E-state index in [9.17, 15) is 4.79 Å². The molecule has 2 aromatic rings. The van der Waals surface area contributed by atoms with Crippen LogP contribution in [0.25, 0.3) is 0 Å². The fourth-order valence-electron chi connectivity index (χ4n) is 4.87. The van der Waals surface area contributed by atoms with Gasteiger partial charge in [0.05, 0.1) is 23.9 Å². The molecule has 2 aromatic carbocycles. The summed E-state index contributed by atoms with van der Waals surface area (Å²) in [6.07, 6.45) is 8.95. The number of para-hydroxylation sites is 1. The van der Waals surface area contributed by atoms with E-state index in [4.69, 9.17) is 25.6 Å². The molecule has 236 valence electrons. The van der Waals surface area contributed by atoms with Crippen LogP contribution in [0.5, 0.6) is 11.5 Å². The number of hydrogen-bond donors (Lipinski definition) is 4. The van der Waals surface area contributed by atoms with Crippen molar-refractivity contribution in [1.82, 2.24) is 15.5 Å². The molecule has 0 aliphatic carbocycles. The van der Waals surface area contributed by atoms with Crippen molar-refractivity contribution in [2.75, 3.05) is 32.8 Å². The van der Waals surface area contributed by atoms with Crippen LogP contribution in [0.3, 0.4) is 0 Å². The van der Waals surface area contributed by atoms with E-state index in [1.54, 1.807) is 13.0 Å². The molecule has 0 radical (unpaired) electrons. The zero-order valence-electron chi connectivity index (χ0n) is 26.4. The summed E-state index contributed by atoms with van der Waals surface area (Å²) in [5, 5.41) is 15.5. The topological polar surface area (TPSA) is 125 Å². The average Bonchev–Trinajstić information content (AvgIpc) is 3.54. The van der Waals surface area contributed by atoms with Crippen molar-refractivity contribution in [3.63, 3.8) is 0 Å². The Hall–Kier alpha value is -4.21. The average molecular weight is 601 g/mol. The fraction of sp³-hybridized carbons (Fsp3) is 0.400. The molecule has 44 heavy (non-hydrogen) atoms. The van der Waals surface area contributed by atoms with Crippen LogP contribution in [0.2, 0.25) is 0 Å². The van der Waals surface area contributed by atoms with Crippen molar-refractivity contribution in [1.29, 1.82) is 5.41 Å². The van der Waals surface area contributed by atoms with Gasteiger partial charge in [-0.3, -0.25) is 15.2 Å². The molecule has 0 bridgehead atoms. The van der Waals surface area contributed by atoms with E-state index >= 15 is 0 Å². The van der Waals surface area contributed by atoms with Gasteiger partial charge in [0.2, 0.25) is 5.91 Å². The highest BCUT2D eigenvalue weighted by Crippen LogP contribution is 2.23. The zero-order valence-corrected chi connectivity index (χ0v) is 26.4. The maximum atomic E-state index is 12.9. The molecule has 2 aliphatic rings. The summed E-state index contributed by atoms with van der Waals surface area (Å²) < 4.78 is 11.3. The van der Waals surface area contributed by atoms with Crippen molar-refractivity contribution in [2.45, 2.75) is 58.5 Å². The molecule has 0 saturated carbocycles. The fourth-order valence-corrected chi connectivity index (χ4v) is 4.87. The highest BCUT2D eigenvalue weighted by molar-refractivity contribution is 6.29. The molecular formula is C35H48N6O3. The summed E-state index contributed by atoms with van der Waals surface area (Å²) in [5.74, 6) is 1.85. The lowest BCUT2D eigenvalue weighted by Crippen LogP contribution is -2.42. The molecule has 2 atom stereocenters. The SMILES string of the molecule is C=CNC(=NC1CCCN(C(=O)/C=C/CNC2CCOC2)C1)/C(C(=N)c1ccc(Oc2ccccc2)cc1)=C(\C)N.CCC. The number of piperidine rings is 1. The van der Waals surface area contributed by atoms with Crippen LogP contribution in [0, 0.1) is 5.41 Å². The van der Waals surface area contributed by atoms with E-state index in [1.807, 2.05) is 65.6 Å². The number of rotatable bonds is 11. The Morgan fingerprint density at radius 3 is 2.50 bits per heavy atom. The van der Waals surface area contributed by atoms with Crippen LogP contribution in [0.15, 0.2) is 95.8 Å². The van der Waals surface area contributed by atoms with E-state index in [2.05, 4.69) is 31.1 Å². The van der Waals surface area contributed by atoms with Gasteiger partial charge in [0.1, 0.15) is 17.3 Å². The molecular weight excluding hydrogens is 552 g/mol. The number of amidine groups is 1. The normalized spacial score (nSPS) is 19.1. The second-order valence-corrected chi connectivity index (χ2v) is 10.9. The Balaban J connectivity index is 0.00000169. The number of hydrogen-bond acceptors (Lipinski definition) is 7. The summed E-state index contributed by atoms with van der Waals surface area (Å²) in [6.45, 7) is 13.1. The standard InChI is InChI=1S/C32H40N6O3.C3H8/c1-3-35-32(37-25-9-8-19-38(21-25)29(39)12-7-18-36-26-17-20-40-22-26)30(23(2)33)31(34)24-13-15-28(16-14-24)41-27-10-5-4-6-11-27;1-3-2/h3-7,10-16,25-26,34,36H,1,8-9,17-22,33H2,2H3,(H,35,37);3H2,1-2H3/b12-7+,30-23+,34-31?;. The number of nitrogens with one attached hydrogen (secondary N) is 3. The van der Waals surface area contributed by atoms with Gasteiger partial charge in [-0.2, -0.15) is 0 Å². The molecule has 2 saturated heterocycles. The number of ether oxygens (including phenoxy) is 2. The quantitative estimate of drug-likeness (QED) is 0.152. The molecule has 9 heteroatoms. The largest absolute Gasteiger partial charge is 0.457 e. The summed E-state index contributed by atoms with van der Waals surface area (Å²) in [6, 6.07) is 17.1. The van der Waals surface area contributed by atoms with Gasteiger partial charge in [0.25, 0.3) is 0 Å². The molecule has 2 aliphatic heterocycles. The van der Waals surface area contributed by atoms with Crippen LogP contribution in [-0.2, 0) is 9.53 Å². The van der Waals surface area contributed by atoms with E-state index in [1.165, 1.54) is 12.6 Å². The van der Waals surface area contributed by atoms with Crippen LogP contribution in [0.1, 0.15) is 52.0 Å². The number of aliphatic imine (C=N–C) groups is 1. The third kappa shape index (κ3) is 10.8. The number of amides is 1. The van der Waals surface area contributed by atoms with Gasteiger partial charge in [-0.15, -0.1) is 0 Å². The minimum Gasteiger partial charge on any atom is -0.457 e. The molecule has 0 aromatic heterocycles. The lowest BCUT2D eigenvalue weighted by molar-refractivity contribution is -0.127. The number of nitrogens with two attached hydrogens (primary N) is 1. The first-order valence-corrected chi connectivity index (χ1v) is 15.5. The Kier molecular flexibility index (Phi) is 14.4. The number of allylic oxidation sites excluding steroid dienone is 1. The molecule has 1 amide bonds. The molecule has 2 fully saturated rings. The van der Waals surface area contributed by atoms with Crippen molar-refractivity contribution in [3.8, 4) is 11.5 Å². The van der Waals surface area contributed by atoms with Gasteiger partial charge in [-0.25, -0.2) is 0 Å². The van der Waals surface area contributed by atoms with Gasteiger partial charge in [0, 0.05) is 49.6 Å². The lowest BCUT2D eigenvalue weighted by Gasteiger charge is -2.31. The maximum absolute atomic E-state index is 12.9. The van der Waals surface area contributed by atoms with Crippen molar-refractivity contribution >= 4 is 17.5 Å². The van der Waals surface area contributed by atoms with Crippen LogP contribution < -0.4 is 21.1 Å². The van der Waals surface area contributed by atoms with Gasteiger partial charge in [-0.1, -0.05) is 51.1 Å². The van der Waals surface area contributed by atoms with Crippen LogP contribution in [0.4, 0.5) is 0 Å². The van der Waals surface area contributed by atoms with Gasteiger partial charge >= 0.3 is 0 Å². The zero-order chi connectivity index (χ0) is 31.7. The molecule has 0 spiro atoms. The minimum atomic E-state index is -0.138. The first-order chi connectivity index (χ1) is 21.4. The molecule has 2 heterocycles. The number of likely N-dealkylation sites (tertiary alicyclic amines) is 1. The Morgan fingerprint density at radius 1 is 1.16 bits per heavy atom. The van der Waals surface area contributed by atoms with Gasteiger partial charge in [0.15, 0.2) is 0 Å². The number of carbonyl (C=O) groups is 1. The summed E-state index contributed by atoms with van der Waals surface area (Å²) in [4.78, 5) is 19.6. The lowest BCUT2D eigenvalue weighted by atomic mass is 9.99. The molecule has 2 unspecified atom stereocenters. The predicted molar refractivity (Wildman–Crippen MR) is 179 cm³/mol. The Bertz CT molecular complexity index is 1290. The second-order valence-electron chi connectivity index (χ2n) is 10.9. The number of carbonyl (C=O) groups excluding carboxylic acids is 1. The van der Waals surface area contributed by atoms with E-state index in [-0.39, 0.29) is 17.7 Å². The highest BCUT2D eigenvalue weighted by Gasteiger charge is 2.24. The number of nitrogens with zero attached hydrogens (tertiary/aromatic N) is 2. The Labute approximate surface area is 262 Å². The minimum absolute atomic E-state index is 0.0241. The monoisotopic (exact) mass is 600 g/mol. The summed E-state index contributed by atoms with van der Waals surface area (Å²) >= 11 is 0.